The second kappa shape index (κ2) is 5.99. The molecule has 0 spiro atoms. The molecule has 2 aromatic rings. The van der Waals surface area contributed by atoms with Crippen LogP contribution in [0.25, 0.3) is 0 Å². The highest BCUT2D eigenvalue weighted by Gasteiger charge is 2.17. The number of benzene rings is 1. The van der Waals surface area contributed by atoms with E-state index in [9.17, 15) is 9.50 Å². The summed E-state index contributed by atoms with van der Waals surface area (Å²) in [5.74, 6) is -0.326. The molecule has 5 heteroatoms. The van der Waals surface area contributed by atoms with Crippen molar-refractivity contribution in [1.29, 1.82) is 0 Å². The molecule has 1 N–H and O–H groups in total. The molecular weight excluding hydrogens is 269 g/mol. The third-order valence-corrected chi connectivity index (χ3v) is 3.10. The summed E-state index contributed by atoms with van der Waals surface area (Å²) in [5.41, 5.74) is 0.694. The summed E-state index contributed by atoms with van der Waals surface area (Å²) in [6.07, 6.45) is 0.655. The van der Waals surface area contributed by atoms with Crippen LogP contribution in [0.1, 0.15) is 17.4 Å². The zero-order valence-electron chi connectivity index (χ0n) is 10.3. The van der Waals surface area contributed by atoms with Gasteiger partial charge in [0.25, 0.3) is 0 Å². The van der Waals surface area contributed by atoms with Gasteiger partial charge in [0.05, 0.1) is 17.8 Å². The lowest BCUT2D eigenvalue weighted by Crippen LogP contribution is -2.06. The van der Waals surface area contributed by atoms with E-state index in [4.69, 9.17) is 16.3 Å². The van der Waals surface area contributed by atoms with Gasteiger partial charge in [-0.25, -0.2) is 4.39 Å². The lowest BCUT2D eigenvalue weighted by atomic mass is 10.0. The van der Waals surface area contributed by atoms with Crippen LogP contribution in [-0.4, -0.2) is 17.2 Å². The van der Waals surface area contributed by atoms with Gasteiger partial charge in [-0.1, -0.05) is 23.7 Å². The summed E-state index contributed by atoms with van der Waals surface area (Å²) >= 11 is 5.94. The lowest BCUT2D eigenvalue weighted by Gasteiger charge is -2.13. The van der Waals surface area contributed by atoms with Gasteiger partial charge in [-0.3, -0.25) is 4.98 Å². The predicted molar refractivity (Wildman–Crippen MR) is 70.9 cm³/mol. The molecule has 2 rings (SSSR count). The number of rotatable bonds is 4. The van der Waals surface area contributed by atoms with Crippen LogP contribution in [0.3, 0.4) is 0 Å². The molecule has 1 unspecified atom stereocenters. The Kier molecular flexibility index (Phi) is 4.35. The summed E-state index contributed by atoms with van der Waals surface area (Å²) in [4.78, 5) is 4.01. The van der Waals surface area contributed by atoms with Crippen molar-refractivity contribution in [2.24, 2.45) is 0 Å². The first-order valence-corrected chi connectivity index (χ1v) is 6.11. The maximum atomic E-state index is 14.0. The number of aromatic nitrogens is 1. The second-order valence-corrected chi connectivity index (χ2v) is 4.43. The average molecular weight is 282 g/mol. The number of nitrogens with zero attached hydrogens (tertiary/aromatic N) is 1. The highest BCUT2D eigenvalue weighted by atomic mass is 35.5. The minimum atomic E-state index is -0.963. The number of methoxy groups -OCH3 is 1. The van der Waals surface area contributed by atoms with E-state index in [0.717, 1.165) is 0 Å². The maximum absolute atomic E-state index is 14.0. The van der Waals surface area contributed by atoms with Crippen LogP contribution in [-0.2, 0) is 6.42 Å². The maximum Gasteiger partial charge on any atom is 0.168 e. The van der Waals surface area contributed by atoms with E-state index in [0.29, 0.717) is 16.3 Å². The van der Waals surface area contributed by atoms with Crippen molar-refractivity contribution in [3.8, 4) is 5.75 Å². The molecule has 0 saturated heterocycles. The highest BCUT2D eigenvalue weighted by Crippen LogP contribution is 2.27. The Morgan fingerprint density at radius 1 is 1.37 bits per heavy atom. The minimum Gasteiger partial charge on any atom is -0.494 e. The summed E-state index contributed by atoms with van der Waals surface area (Å²) < 4.78 is 18.9. The molecular formula is C14H13ClFNO2. The number of ether oxygens (including phenoxy) is 1. The fourth-order valence-corrected chi connectivity index (χ4v) is 2.07. The van der Waals surface area contributed by atoms with Gasteiger partial charge >= 0.3 is 0 Å². The second-order valence-electron chi connectivity index (χ2n) is 4.02. The molecule has 19 heavy (non-hydrogen) atoms. The molecule has 1 aromatic heterocycles. The zero-order valence-corrected chi connectivity index (χ0v) is 11.1. The summed E-state index contributed by atoms with van der Waals surface area (Å²) in [6.45, 7) is 0. The number of aliphatic hydroxyl groups excluding tert-OH is 1. The monoisotopic (exact) mass is 281 g/mol. The number of pyridine rings is 1. The Hall–Kier alpha value is -1.65. The van der Waals surface area contributed by atoms with Gasteiger partial charge in [0.15, 0.2) is 11.6 Å². The van der Waals surface area contributed by atoms with Gasteiger partial charge in [-0.05, 0) is 23.8 Å². The molecule has 0 amide bonds. The largest absolute Gasteiger partial charge is 0.494 e. The van der Waals surface area contributed by atoms with E-state index in [1.54, 1.807) is 24.3 Å². The fraction of sp³-hybridized carbons (Fsp3) is 0.214. The van der Waals surface area contributed by atoms with Crippen LogP contribution in [0.15, 0.2) is 36.5 Å². The van der Waals surface area contributed by atoms with E-state index < -0.39 is 11.9 Å². The first-order chi connectivity index (χ1) is 9.13. The van der Waals surface area contributed by atoms with Crippen molar-refractivity contribution in [2.45, 2.75) is 12.5 Å². The van der Waals surface area contributed by atoms with E-state index in [2.05, 4.69) is 4.98 Å². The molecule has 0 saturated carbocycles. The number of hydrogen-bond donors (Lipinski definition) is 1. The van der Waals surface area contributed by atoms with Crippen molar-refractivity contribution in [3.63, 3.8) is 0 Å². The van der Waals surface area contributed by atoms with Crippen LogP contribution in [0.4, 0.5) is 4.39 Å². The molecule has 3 nitrogen and oxygen atoms in total. The molecule has 0 radical (unpaired) electrons. The molecule has 0 aliphatic heterocycles. The average Bonchev–Trinajstić information content (AvgIpc) is 2.41. The highest BCUT2D eigenvalue weighted by molar-refractivity contribution is 6.31. The van der Waals surface area contributed by atoms with Gasteiger partial charge in [0.2, 0.25) is 0 Å². The van der Waals surface area contributed by atoms with Crippen molar-refractivity contribution in [3.05, 3.63) is 58.6 Å². The Balaban J connectivity index is 2.24. The van der Waals surface area contributed by atoms with Crippen LogP contribution in [0.5, 0.6) is 5.75 Å². The summed E-state index contributed by atoms with van der Waals surface area (Å²) in [5, 5.41) is 10.4. The van der Waals surface area contributed by atoms with Crippen molar-refractivity contribution >= 4 is 11.6 Å². The normalized spacial score (nSPS) is 12.2. The van der Waals surface area contributed by atoms with Gasteiger partial charge in [0.1, 0.15) is 6.10 Å². The molecule has 1 aromatic carbocycles. The van der Waals surface area contributed by atoms with Gasteiger partial charge in [-0.2, -0.15) is 0 Å². The Morgan fingerprint density at radius 3 is 2.84 bits per heavy atom. The fourth-order valence-electron chi connectivity index (χ4n) is 1.82. The van der Waals surface area contributed by atoms with E-state index in [-0.39, 0.29) is 12.2 Å². The van der Waals surface area contributed by atoms with Crippen molar-refractivity contribution in [2.75, 3.05) is 7.11 Å². The van der Waals surface area contributed by atoms with Gasteiger partial charge < -0.3 is 9.84 Å². The van der Waals surface area contributed by atoms with Crippen molar-refractivity contribution < 1.29 is 14.2 Å². The van der Waals surface area contributed by atoms with Crippen LogP contribution >= 0.6 is 11.6 Å². The Morgan fingerprint density at radius 2 is 2.16 bits per heavy atom. The topological polar surface area (TPSA) is 42.4 Å². The molecule has 0 bridgehead atoms. The SMILES string of the molecule is COc1cccc(CC(O)c2ncccc2Cl)c1F. The molecule has 100 valence electrons. The first-order valence-electron chi connectivity index (χ1n) is 5.73. The standard InChI is InChI=1S/C14H13ClFNO2/c1-19-12-6-2-4-9(13(12)16)8-11(18)14-10(15)5-3-7-17-14/h2-7,11,18H,8H2,1H3. The Labute approximate surface area is 115 Å². The van der Waals surface area contributed by atoms with Crippen LogP contribution in [0, 0.1) is 5.82 Å². The van der Waals surface area contributed by atoms with E-state index >= 15 is 0 Å². The predicted octanol–water partition coefficient (Wildman–Crippen LogP) is 3.16. The quantitative estimate of drug-likeness (QED) is 0.936. The minimum absolute atomic E-state index is 0.0831. The van der Waals surface area contributed by atoms with Crippen LogP contribution in [0.2, 0.25) is 5.02 Å². The molecule has 0 aliphatic rings. The number of aliphatic hydroxyl groups is 1. The zero-order chi connectivity index (χ0) is 13.8. The molecule has 1 atom stereocenters. The van der Waals surface area contributed by atoms with E-state index in [1.165, 1.54) is 19.4 Å². The van der Waals surface area contributed by atoms with Crippen molar-refractivity contribution in [1.82, 2.24) is 4.98 Å². The molecule has 0 fully saturated rings. The smallest absolute Gasteiger partial charge is 0.168 e. The lowest BCUT2D eigenvalue weighted by molar-refractivity contribution is 0.172. The Bertz CT molecular complexity index is 577. The third kappa shape index (κ3) is 3.03. The van der Waals surface area contributed by atoms with Crippen LogP contribution < -0.4 is 4.74 Å². The molecule has 0 aliphatic carbocycles. The number of halogens is 2. The van der Waals surface area contributed by atoms with Gasteiger partial charge in [0, 0.05) is 12.6 Å². The number of hydrogen-bond acceptors (Lipinski definition) is 3. The molecule has 1 heterocycles. The third-order valence-electron chi connectivity index (χ3n) is 2.78. The van der Waals surface area contributed by atoms with E-state index in [1.807, 2.05) is 0 Å². The summed E-state index contributed by atoms with van der Waals surface area (Å²) in [7, 11) is 1.40. The summed E-state index contributed by atoms with van der Waals surface area (Å²) in [6, 6.07) is 8.10. The first kappa shape index (κ1) is 13.8. The van der Waals surface area contributed by atoms with Gasteiger partial charge in [-0.15, -0.1) is 0 Å².